The second kappa shape index (κ2) is 13.6. The Kier molecular flexibility index (Phi) is 9.27. The Labute approximate surface area is 235 Å². The van der Waals surface area contributed by atoms with Gasteiger partial charge in [0.25, 0.3) is 0 Å². The van der Waals surface area contributed by atoms with Crippen molar-refractivity contribution in [1.82, 2.24) is 25.1 Å². The second-order valence-electron chi connectivity index (χ2n) is 10.1. The summed E-state index contributed by atoms with van der Waals surface area (Å²) in [4.78, 5) is 39.4. The number of hydrogen-bond acceptors (Lipinski definition) is 5. The van der Waals surface area contributed by atoms with Gasteiger partial charge < -0.3 is 10.2 Å². The maximum Gasteiger partial charge on any atom is 0.245 e. The van der Waals surface area contributed by atoms with Crippen LogP contribution in [0.15, 0.2) is 110 Å². The van der Waals surface area contributed by atoms with Crippen LogP contribution in [0.25, 0.3) is 0 Å². The van der Waals surface area contributed by atoms with Crippen molar-refractivity contribution in [2.75, 3.05) is 26.2 Å². The molecule has 1 aliphatic heterocycles. The zero-order valence-electron chi connectivity index (χ0n) is 22.6. The number of piperazine rings is 1. The Morgan fingerprint density at radius 1 is 0.725 bits per heavy atom. The van der Waals surface area contributed by atoms with Gasteiger partial charge in [0.15, 0.2) is 0 Å². The number of aromatic nitrogens is 2. The highest BCUT2D eigenvalue weighted by molar-refractivity contribution is 5.88. The van der Waals surface area contributed by atoms with Gasteiger partial charge in [0.1, 0.15) is 6.04 Å². The molecular weight excluding hydrogens is 498 g/mol. The Hall–Kier alpha value is -4.36. The number of rotatable bonds is 10. The summed E-state index contributed by atoms with van der Waals surface area (Å²) in [5.41, 5.74) is 4.39. The number of pyridine rings is 2. The van der Waals surface area contributed by atoms with Gasteiger partial charge in [0, 0.05) is 63.8 Å². The third-order valence-corrected chi connectivity index (χ3v) is 7.38. The van der Waals surface area contributed by atoms with E-state index in [2.05, 4.69) is 68.7 Å². The van der Waals surface area contributed by atoms with E-state index in [9.17, 15) is 9.59 Å². The maximum atomic E-state index is 13.8. The van der Waals surface area contributed by atoms with Gasteiger partial charge in [-0.1, -0.05) is 72.8 Å². The summed E-state index contributed by atoms with van der Waals surface area (Å²) in [7, 11) is 0. The molecule has 1 saturated heterocycles. The molecule has 0 radical (unpaired) electrons. The lowest BCUT2D eigenvalue weighted by Gasteiger charge is -2.40. The first-order chi connectivity index (χ1) is 19.7. The fraction of sp³-hybridized carbons (Fsp3) is 0.273. The summed E-state index contributed by atoms with van der Waals surface area (Å²) in [5, 5.41) is 3.03. The van der Waals surface area contributed by atoms with E-state index in [1.165, 1.54) is 11.1 Å². The molecule has 7 nitrogen and oxygen atoms in total. The van der Waals surface area contributed by atoms with Crippen LogP contribution in [-0.2, 0) is 22.4 Å². The molecule has 2 amide bonds. The van der Waals surface area contributed by atoms with E-state index in [0.29, 0.717) is 32.4 Å². The summed E-state index contributed by atoms with van der Waals surface area (Å²) in [6.07, 6.45) is 8.23. The van der Waals surface area contributed by atoms with Crippen LogP contribution in [0.1, 0.15) is 34.7 Å². The molecule has 2 aromatic heterocycles. The molecule has 0 spiro atoms. The van der Waals surface area contributed by atoms with E-state index >= 15 is 0 Å². The number of carbonyl (C=O) groups excluding carboxylic acids is 2. The first kappa shape index (κ1) is 27.2. The molecule has 4 aromatic rings. The second-order valence-corrected chi connectivity index (χ2v) is 10.1. The van der Waals surface area contributed by atoms with Crippen molar-refractivity contribution >= 4 is 11.8 Å². The number of benzene rings is 2. The first-order valence-electron chi connectivity index (χ1n) is 13.9. The SMILES string of the molecule is O=C(CCc1cccnc1)N[C@@H](Cc1cccnc1)C(=O)N1CCN(C(c2ccccc2)c2ccccc2)CC1. The van der Waals surface area contributed by atoms with Crippen molar-refractivity contribution in [2.45, 2.75) is 31.3 Å². The number of nitrogens with one attached hydrogen (secondary N) is 1. The van der Waals surface area contributed by atoms with Crippen LogP contribution in [0, 0.1) is 0 Å². The van der Waals surface area contributed by atoms with Crippen molar-refractivity contribution in [3.8, 4) is 0 Å². The first-order valence-corrected chi connectivity index (χ1v) is 13.9. The highest BCUT2D eigenvalue weighted by Gasteiger charge is 2.32. The minimum Gasteiger partial charge on any atom is -0.344 e. The van der Waals surface area contributed by atoms with Crippen molar-refractivity contribution in [2.24, 2.45) is 0 Å². The summed E-state index contributed by atoms with van der Waals surface area (Å²) in [5.74, 6) is -0.188. The number of carbonyl (C=O) groups is 2. The molecule has 3 heterocycles. The third kappa shape index (κ3) is 7.18. The van der Waals surface area contributed by atoms with Crippen LogP contribution >= 0.6 is 0 Å². The molecule has 1 fully saturated rings. The monoisotopic (exact) mass is 533 g/mol. The van der Waals surface area contributed by atoms with E-state index in [4.69, 9.17) is 0 Å². The quantitative estimate of drug-likeness (QED) is 0.333. The predicted molar refractivity (Wildman–Crippen MR) is 155 cm³/mol. The van der Waals surface area contributed by atoms with Crippen LogP contribution < -0.4 is 5.32 Å². The van der Waals surface area contributed by atoms with Gasteiger partial charge in [-0.2, -0.15) is 0 Å². The zero-order chi connectivity index (χ0) is 27.6. The van der Waals surface area contributed by atoms with Gasteiger partial charge in [-0.15, -0.1) is 0 Å². The van der Waals surface area contributed by atoms with Gasteiger partial charge in [-0.3, -0.25) is 24.5 Å². The van der Waals surface area contributed by atoms with Gasteiger partial charge in [-0.05, 0) is 40.8 Å². The minimum atomic E-state index is -0.642. The number of hydrogen-bond donors (Lipinski definition) is 1. The number of nitrogens with zero attached hydrogens (tertiary/aromatic N) is 4. The lowest BCUT2D eigenvalue weighted by atomic mass is 9.96. The maximum absolute atomic E-state index is 13.8. The molecule has 0 bridgehead atoms. The lowest BCUT2D eigenvalue weighted by molar-refractivity contribution is -0.138. The van der Waals surface area contributed by atoms with Crippen LogP contribution in [0.5, 0.6) is 0 Å². The van der Waals surface area contributed by atoms with Gasteiger partial charge in [0.05, 0.1) is 6.04 Å². The van der Waals surface area contributed by atoms with Crippen LogP contribution in [0.3, 0.4) is 0 Å². The van der Waals surface area contributed by atoms with E-state index in [1.54, 1.807) is 24.8 Å². The largest absolute Gasteiger partial charge is 0.344 e. The molecule has 5 rings (SSSR count). The van der Waals surface area contributed by atoms with E-state index in [1.807, 2.05) is 41.3 Å². The Morgan fingerprint density at radius 3 is 1.85 bits per heavy atom. The summed E-state index contributed by atoms with van der Waals surface area (Å²) >= 11 is 0. The average molecular weight is 534 g/mol. The van der Waals surface area contributed by atoms with E-state index in [0.717, 1.165) is 24.2 Å². The Bertz CT molecular complexity index is 1310. The fourth-order valence-corrected chi connectivity index (χ4v) is 5.33. The fourth-order valence-electron chi connectivity index (χ4n) is 5.33. The molecule has 1 atom stereocenters. The average Bonchev–Trinajstić information content (AvgIpc) is 3.02. The Morgan fingerprint density at radius 2 is 1.30 bits per heavy atom. The van der Waals surface area contributed by atoms with Crippen molar-refractivity contribution in [3.05, 3.63) is 132 Å². The van der Waals surface area contributed by atoms with Crippen molar-refractivity contribution < 1.29 is 9.59 Å². The number of aryl methyl sites for hydroxylation is 1. The highest BCUT2D eigenvalue weighted by atomic mass is 16.2. The summed E-state index contributed by atoms with van der Waals surface area (Å²) in [6, 6.07) is 28.1. The molecule has 0 unspecified atom stereocenters. The van der Waals surface area contributed by atoms with Gasteiger partial charge in [0.2, 0.25) is 11.8 Å². The van der Waals surface area contributed by atoms with Crippen molar-refractivity contribution in [3.63, 3.8) is 0 Å². The molecule has 1 aliphatic rings. The highest BCUT2D eigenvalue weighted by Crippen LogP contribution is 2.29. The van der Waals surface area contributed by atoms with Crippen LogP contribution in [0.2, 0.25) is 0 Å². The zero-order valence-corrected chi connectivity index (χ0v) is 22.6. The van der Waals surface area contributed by atoms with Gasteiger partial charge in [-0.25, -0.2) is 0 Å². The van der Waals surface area contributed by atoms with E-state index < -0.39 is 6.04 Å². The summed E-state index contributed by atoms with van der Waals surface area (Å²) in [6.45, 7) is 2.69. The minimum absolute atomic E-state index is 0.0470. The van der Waals surface area contributed by atoms with Crippen LogP contribution in [0.4, 0.5) is 0 Å². The predicted octanol–water partition coefficient (Wildman–Crippen LogP) is 4.07. The smallest absolute Gasteiger partial charge is 0.245 e. The molecule has 204 valence electrons. The standard InChI is InChI=1S/C33H35N5O2/c39-31(16-15-26-9-7-17-34-24-26)36-30(23-27-10-8-18-35-25-27)33(40)38-21-19-37(20-22-38)32(28-11-3-1-4-12-28)29-13-5-2-6-14-29/h1-14,17-18,24-25,30,32H,15-16,19-23H2,(H,36,39)/t30-/m0/s1. The normalized spacial score (nSPS) is 14.6. The van der Waals surface area contributed by atoms with Gasteiger partial charge >= 0.3 is 0 Å². The Balaban J connectivity index is 1.26. The molecule has 1 N–H and O–H groups in total. The lowest BCUT2D eigenvalue weighted by Crippen LogP contribution is -2.56. The molecule has 0 saturated carbocycles. The molecule has 0 aliphatic carbocycles. The van der Waals surface area contributed by atoms with E-state index in [-0.39, 0.29) is 17.9 Å². The topological polar surface area (TPSA) is 78.4 Å². The summed E-state index contributed by atoms with van der Waals surface area (Å²) < 4.78 is 0. The molecule has 2 aromatic carbocycles. The van der Waals surface area contributed by atoms with Crippen LogP contribution in [-0.4, -0.2) is 63.8 Å². The number of amides is 2. The third-order valence-electron chi connectivity index (χ3n) is 7.38. The molecular formula is C33H35N5O2. The molecule has 7 heteroatoms. The molecule has 40 heavy (non-hydrogen) atoms. The van der Waals surface area contributed by atoms with Crippen molar-refractivity contribution in [1.29, 1.82) is 0 Å².